The second-order valence-corrected chi connectivity index (χ2v) is 9.29. The van der Waals surface area contributed by atoms with E-state index < -0.39 is 37.3 Å². The number of carbonyl (C=O) groups is 1. The van der Waals surface area contributed by atoms with Gasteiger partial charge in [0.25, 0.3) is 0 Å². The zero-order valence-corrected chi connectivity index (χ0v) is 19.8. The van der Waals surface area contributed by atoms with E-state index in [0.717, 1.165) is 16.9 Å². The smallest absolute Gasteiger partial charge is 0.318 e. The number of hydrogen-bond donors (Lipinski definition) is 2. The summed E-state index contributed by atoms with van der Waals surface area (Å²) in [6.45, 7) is 4.73. The predicted molar refractivity (Wildman–Crippen MR) is 127 cm³/mol. The van der Waals surface area contributed by atoms with Crippen LogP contribution >= 0.6 is 0 Å². The van der Waals surface area contributed by atoms with Crippen LogP contribution in [0.4, 0.5) is 18.0 Å². The molecule has 1 heterocycles. The van der Waals surface area contributed by atoms with Crippen molar-refractivity contribution in [3.8, 4) is 5.75 Å². The number of carbonyl (C=O) groups excluding carboxylic acids is 1. The molecular formula is C26H34F3N3O2. The zero-order valence-electron chi connectivity index (χ0n) is 19.8. The van der Waals surface area contributed by atoms with E-state index in [1.807, 2.05) is 24.3 Å². The Hall–Kier alpha value is -2.74. The lowest BCUT2D eigenvalue weighted by Gasteiger charge is -2.38. The van der Waals surface area contributed by atoms with Crippen LogP contribution in [0.15, 0.2) is 48.5 Å². The van der Waals surface area contributed by atoms with Crippen LogP contribution in [0.1, 0.15) is 25.0 Å². The van der Waals surface area contributed by atoms with Gasteiger partial charge in [-0.25, -0.2) is 9.18 Å². The topological polar surface area (TPSA) is 53.6 Å². The molecule has 2 amide bonds. The molecule has 5 nitrogen and oxygen atoms in total. The van der Waals surface area contributed by atoms with E-state index in [1.54, 1.807) is 17.0 Å². The number of nitrogens with one attached hydrogen (secondary N) is 2. The van der Waals surface area contributed by atoms with Crippen LogP contribution < -0.4 is 15.4 Å². The van der Waals surface area contributed by atoms with Crippen LogP contribution in [-0.2, 0) is 13.1 Å². The number of nitrogens with zero attached hydrogens (tertiary/aromatic N) is 1. The average molecular weight is 478 g/mol. The number of alkyl halides is 2. The molecular weight excluding hydrogens is 443 g/mol. The molecule has 1 unspecified atom stereocenters. The minimum Gasteiger partial charge on any atom is -0.493 e. The maximum atomic E-state index is 13.6. The second-order valence-electron chi connectivity index (χ2n) is 9.29. The Morgan fingerprint density at radius 1 is 1.00 bits per heavy atom. The van der Waals surface area contributed by atoms with Gasteiger partial charge in [0.2, 0.25) is 0 Å². The van der Waals surface area contributed by atoms with Gasteiger partial charge in [0.15, 0.2) is 0 Å². The molecule has 1 aliphatic heterocycles. The van der Waals surface area contributed by atoms with Gasteiger partial charge in [0.05, 0.1) is 20.0 Å². The molecule has 1 fully saturated rings. The Morgan fingerprint density at radius 2 is 1.53 bits per heavy atom. The summed E-state index contributed by atoms with van der Waals surface area (Å²) in [6.07, 6.45) is 0. The number of urea groups is 1. The van der Waals surface area contributed by atoms with Gasteiger partial charge in [-0.15, -0.1) is 0 Å². The van der Waals surface area contributed by atoms with Gasteiger partial charge in [-0.05, 0) is 41.3 Å². The number of ether oxygens (including phenoxy) is 1. The highest BCUT2D eigenvalue weighted by molar-refractivity contribution is 5.74. The summed E-state index contributed by atoms with van der Waals surface area (Å²) in [6, 6.07) is 12.4. The van der Waals surface area contributed by atoms with E-state index in [2.05, 4.69) is 24.5 Å². The Morgan fingerprint density at radius 3 is 2.03 bits per heavy atom. The summed E-state index contributed by atoms with van der Waals surface area (Å²) in [4.78, 5) is 14.9. The van der Waals surface area contributed by atoms with Crippen LogP contribution in [0.5, 0.6) is 5.75 Å². The largest absolute Gasteiger partial charge is 0.493 e. The van der Waals surface area contributed by atoms with Crippen molar-refractivity contribution in [2.75, 3.05) is 33.0 Å². The van der Waals surface area contributed by atoms with Gasteiger partial charge < -0.3 is 20.3 Å². The van der Waals surface area contributed by atoms with Gasteiger partial charge in [0.1, 0.15) is 11.6 Å². The molecule has 34 heavy (non-hydrogen) atoms. The van der Waals surface area contributed by atoms with Crippen molar-refractivity contribution < 1.29 is 22.7 Å². The minimum atomic E-state index is -0.649. The summed E-state index contributed by atoms with van der Waals surface area (Å²) in [5, 5.41) is 5.92. The van der Waals surface area contributed by atoms with Crippen molar-refractivity contribution >= 4 is 6.03 Å². The maximum absolute atomic E-state index is 13.6. The van der Waals surface area contributed by atoms with E-state index in [0.29, 0.717) is 25.6 Å². The fourth-order valence-corrected chi connectivity index (χ4v) is 4.05. The Kier molecular flexibility index (Phi) is 9.62. The second kappa shape index (κ2) is 12.6. The van der Waals surface area contributed by atoms with E-state index in [1.165, 1.54) is 12.1 Å². The molecule has 0 aliphatic carbocycles. The standard InChI is InChI=1S/C26H34F3N3O2/c1-18(2)17-34-24-9-5-20(6-10-24)16-32(15-19-3-7-23(29)8-4-19)26(33)31-25-21(11-27)13-30-14-22(25)12-28/h3-10,18,21-22,25,30H,11-17H2,1-2H3,(H,31,33)/t21-,22+,25?. The SMILES string of the molecule is CC(C)COc1ccc(CN(Cc2ccc(F)cc2)C(=O)NC2[C@H](CF)CNC[C@@H]2CF)cc1. The van der Waals surface area contributed by atoms with Gasteiger partial charge in [-0.1, -0.05) is 38.1 Å². The third-order valence-corrected chi connectivity index (χ3v) is 5.97. The summed E-state index contributed by atoms with van der Waals surface area (Å²) in [5.41, 5.74) is 1.63. The Bertz CT molecular complexity index is 881. The number of halogens is 3. The van der Waals surface area contributed by atoms with Gasteiger partial charge >= 0.3 is 6.03 Å². The normalized spacial score (nSPS) is 20.2. The molecule has 0 aromatic heterocycles. The molecule has 0 bridgehead atoms. The van der Waals surface area contributed by atoms with Crippen LogP contribution in [0.3, 0.4) is 0 Å². The molecule has 1 saturated heterocycles. The lowest BCUT2D eigenvalue weighted by molar-refractivity contribution is 0.133. The lowest BCUT2D eigenvalue weighted by atomic mass is 9.86. The molecule has 2 aromatic rings. The highest BCUT2D eigenvalue weighted by Crippen LogP contribution is 2.21. The molecule has 3 atom stereocenters. The monoisotopic (exact) mass is 477 g/mol. The predicted octanol–water partition coefficient (Wildman–Crippen LogP) is 4.72. The van der Waals surface area contributed by atoms with Crippen LogP contribution in [0.25, 0.3) is 0 Å². The van der Waals surface area contributed by atoms with Gasteiger partial charge in [0, 0.05) is 44.1 Å². The number of amides is 2. The molecule has 8 heteroatoms. The Balaban J connectivity index is 1.75. The molecule has 0 spiro atoms. The highest BCUT2D eigenvalue weighted by atomic mass is 19.1. The zero-order chi connectivity index (χ0) is 24.5. The summed E-state index contributed by atoms with van der Waals surface area (Å²) in [5.74, 6) is -0.195. The third-order valence-electron chi connectivity index (χ3n) is 5.97. The third kappa shape index (κ3) is 7.38. The number of benzene rings is 2. The van der Waals surface area contributed by atoms with E-state index in [9.17, 15) is 18.0 Å². The van der Waals surface area contributed by atoms with Crippen LogP contribution in [0, 0.1) is 23.6 Å². The lowest BCUT2D eigenvalue weighted by Crippen LogP contribution is -2.58. The first-order valence-corrected chi connectivity index (χ1v) is 11.7. The minimum absolute atomic E-state index is 0.225. The summed E-state index contributed by atoms with van der Waals surface area (Å²) in [7, 11) is 0. The van der Waals surface area contributed by atoms with Gasteiger partial charge in [-0.2, -0.15) is 0 Å². The summed E-state index contributed by atoms with van der Waals surface area (Å²) >= 11 is 0. The van der Waals surface area contributed by atoms with Crippen molar-refractivity contribution in [1.29, 1.82) is 0 Å². The molecule has 186 valence electrons. The first-order chi connectivity index (χ1) is 16.4. The fraction of sp³-hybridized carbons (Fsp3) is 0.500. The Labute approximate surface area is 199 Å². The molecule has 2 aromatic carbocycles. The number of piperidine rings is 1. The molecule has 0 radical (unpaired) electrons. The van der Waals surface area contributed by atoms with Crippen molar-refractivity contribution in [2.24, 2.45) is 17.8 Å². The molecule has 0 saturated carbocycles. The highest BCUT2D eigenvalue weighted by Gasteiger charge is 2.35. The van der Waals surface area contributed by atoms with Crippen LogP contribution in [-0.4, -0.2) is 50.0 Å². The molecule has 1 aliphatic rings. The average Bonchev–Trinajstić information content (AvgIpc) is 2.84. The fourth-order valence-electron chi connectivity index (χ4n) is 4.05. The maximum Gasteiger partial charge on any atom is 0.318 e. The molecule has 3 rings (SSSR count). The van der Waals surface area contributed by atoms with Crippen LogP contribution in [0.2, 0.25) is 0 Å². The first kappa shape index (κ1) is 25.9. The van der Waals surface area contributed by atoms with E-state index in [-0.39, 0.29) is 18.9 Å². The van der Waals surface area contributed by atoms with E-state index >= 15 is 0 Å². The molecule has 2 N–H and O–H groups in total. The van der Waals surface area contributed by atoms with Crippen molar-refractivity contribution in [3.05, 3.63) is 65.5 Å². The van der Waals surface area contributed by atoms with E-state index in [4.69, 9.17) is 4.74 Å². The number of hydrogen-bond acceptors (Lipinski definition) is 3. The van der Waals surface area contributed by atoms with Crippen molar-refractivity contribution in [3.63, 3.8) is 0 Å². The number of rotatable bonds is 10. The van der Waals surface area contributed by atoms with Gasteiger partial charge in [-0.3, -0.25) is 8.78 Å². The first-order valence-electron chi connectivity index (χ1n) is 11.7. The van der Waals surface area contributed by atoms with Crippen molar-refractivity contribution in [2.45, 2.75) is 33.0 Å². The summed E-state index contributed by atoms with van der Waals surface area (Å²) < 4.78 is 46.3. The quantitative estimate of drug-likeness (QED) is 0.521. The van der Waals surface area contributed by atoms with Crippen molar-refractivity contribution in [1.82, 2.24) is 15.5 Å².